The molecule has 0 amide bonds. The minimum atomic E-state index is -1.21. The number of hydrogen-bond acceptors (Lipinski definition) is 8. The van der Waals surface area contributed by atoms with Crippen molar-refractivity contribution in [3.8, 4) is 6.07 Å². The Morgan fingerprint density at radius 3 is 1.34 bits per heavy atom. The highest BCUT2D eigenvalue weighted by Gasteiger charge is 2.47. The van der Waals surface area contributed by atoms with E-state index >= 15 is 0 Å². The second kappa shape index (κ2) is 28.0. The molecule has 1 fully saturated rings. The summed E-state index contributed by atoms with van der Waals surface area (Å²) < 4.78 is 10.4. The molecule has 336 valence electrons. The zero-order chi connectivity index (χ0) is 45.9. The van der Waals surface area contributed by atoms with Crippen LogP contribution in [0, 0.1) is 11.3 Å². The topological polar surface area (TPSA) is 112 Å². The summed E-state index contributed by atoms with van der Waals surface area (Å²) in [5.41, 5.74) is 10.7. The number of rotatable bonds is 17. The van der Waals surface area contributed by atoms with Crippen LogP contribution in [0.5, 0.6) is 0 Å². The maximum Gasteiger partial charge on any atom is 0.332 e. The zero-order valence-electron chi connectivity index (χ0n) is 38.3. The fourth-order valence-electron chi connectivity index (χ4n) is 8.09. The number of benzene rings is 6. The van der Waals surface area contributed by atoms with Crippen molar-refractivity contribution >= 4 is 5.97 Å². The quantitative estimate of drug-likeness (QED) is 0.0872. The molecule has 0 spiro atoms. The molecule has 0 aliphatic carbocycles. The summed E-state index contributed by atoms with van der Waals surface area (Å²) in [5.74, 6) is -0.433. The molecule has 0 radical (unpaired) electrons. The third-order valence-electron chi connectivity index (χ3n) is 11.4. The summed E-state index contributed by atoms with van der Waals surface area (Å²) >= 11 is 0. The number of nitrogens with two attached hydrogens (primary N) is 1. The molecule has 3 N–H and O–H groups in total. The van der Waals surface area contributed by atoms with Gasteiger partial charge in [0.2, 0.25) is 0 Å². The van der Waals surface area contributed by atoms with Crippen molar-refractivity contribution in [1.82, 2.24) is 9.80 Å². The highest BCUT2D eigenvalue weighted by atomic mass is 16.5. The van der Waals surface area contributed by atoms with Crippen molar-refractivity contribution < 1.29 is 19.4 Å². The summed E-state index contributed by atoms with van der Waals surface area (Å²) in [6, 6.07) is 62.7. The number of carbonyl (C=O) groups excluding carboxylic acids is 1. The van der Waals surface area contributed by atoms with Gasteiger partial charge < -0.3 is 20.3 Å². The van der Waals surface area contributed by atoms with E-state index in [1.54, 1.807) is 0 Å². The fourth-order valence-corrected chi connectivity index (χ4v) is 8.09. The average molecular weight is 861 g/mol. The van der Waals surface area contributed by atoms with Gasteiger partial charge in [0.05, 0.1) is 37.8 Å². The van der Waals surface area contributed by atoms with E-state index in [2.05, 4.69) is 78.6 Å². The van der Waals surface area contributed by atoms with Crippen LogP contribution < -0.4 is 5.73 Å². The standard InChI is InChI=1S/C25H24N2O2.C24H28N2O.C5H10O.C2H6/c1-29-24(28)25(17-18-26,23-15-9-4-10-16-23)27(19-21-11-5-2-6-12-21)20-22-13-7-3-8-14-22;25-17-16-24(20-27,23-14-8-3-9-15-23)26(18-21-10-4-1-5-11-21)19-22-12-6-2-7-13-22;1-5-3-2-4-6-5;1-2/h2-16H,17,19-20H2,1H3;1-15,27H,16-20,25H2;5H,2-4H2,1H3;1-2H3. The molecular formula is C56H68N4O4. The number of hydrogen-bond donors (Lipinski definition) is 2. The molecule has 0 saturated carbocycles. The number of aliphatic hydroxyl groups excluding tert-OH is 1. The zero-order valence-corrected chi connectivity index (χ0v) is 38.3. The predicted molar refractivity (Wildman–Crippen MR) is 260 cm³/mol. The number of ether oxygens (including phenoxy) is 2. The Morgan fingerprint density at radius 2 is 1.05 bits per heavy atom. The van der Waals surface area contributed by atoms with Gasteiger partial charge in [-0.3, -0.25) is 9.80 Å². The predicted octanol–water partition coefficient (Wildman–Crippen LogP) is 10.8. The molecule has 6 aromatic rings. The number of carbonyl (C=O) groups is 1. The van der Waals surface area contributed by atoms with Gasteiger partial charge in [0, 0.05) is 32.8 Å². The first-order chi connectivity index (χ1) is 31.4. The number of nitrogens with zero attached hydrogens (tertiary/aromatic N) is 3. The summed E-state index contributed by atoms with van der Waals surface area (Å²) in [6.07, 6.45) is 3.75. The maximum absolute atomic E-state index is 13.2. The minimum absolute atomic E-state index is 0.0106. The number of nitriles is 1. The Labute approximate surface area is 382 Å². The first kappa shape index (κ1) is 50.7. The lowest BCUT2D eigenvalue weighted by molar-refractivity contribution is -0.157. The molecule has 1 aliphatic rings. The van der Waals surface area contributed by atoms with Crippen LogP contribution in [0.4, 0.5) is 0 Å². The van der Waals surface area contributed by atoms with Gasteiger partial charge in [0.1, 0.15) is 0 Å². The first-order valence-electron chi connectivity index (χ1n) is 22.5. The summed E-state index contributed by atoms with van der Waals surface area (Å²) in [7, 11) is 1.38. The average Bonchev–Trinajstić information content (AvgIpc) is 3.85. The van der Waals surface area contributed by atoms with Gasteiger partial charge in [-0.2, -0.15) is 5.26 Å². The lowest BCUT2D eigenvalue weighted by atomic mass is 9.84. The molecule has 8 heteroatoms. The number of aliphatic hydroxyl groups is 1. The van der Waals surface area contributed by atoms with E-state index in [4.69, 9.17) is 15.2 Å². The van der Waals surface area contributed by atoms with Crippen LogP contribution in [0.3, 0.4) is 0 Å². The molecule has 7 rings (SSSR count). The molecule has 1 heterocycles. The smallest absolute Gasteiger partial charge is 0.332 e. The van der Waals surface area contributed by atoms with Gasteiger partial charge >= 0.3 is 5.97 Å². The van der Waals surface area contributed by atoms with E-state index in [9.17, 15) is 15.2 Å². The van der Waals surface area contributed by atoms with Gasteiger partial charge in [-0.25, -0.2) is 4.79 Å². The highest BCUT2D eigenvalue weighted by Crippen LogP contribution is 2.37. The van der Waals surface area contributed by atoms with Crippen LogP contribution in [-0.2, 0) is 51.5 Å². The van der Waals surface area contributed by atoms with Crippen molar-refractivity contribution in [2.75, 3.05) is 26.9 Å². The lowest BCUT2D eigenvalue weighted by Crippen LogP contribution is -2.51. The molecule has 6 aromatic carbocycles. The minimum Gasteiger partial charge on any atom is -0.467 e. The van der Waals surface area contributed by atoms with E-state index in [1.165, 1.54) is 31.1 Å². The molecule has 8 nitrogen and oxygen atoms in total. The van der Waals surface area contributed by atoms with Crippen molar-refractivity contribution in [1.29, 1.82) is 5.26 Å². The number of esters is 1. The third-order valence-corrected chi connectivity index (χ3v) is 11.4. The fraction of sp³-hybridized carbons (Fsp3) is 0.321. The van der Waals surface area contributed by atoms with Gasteiger partial charge in [-0.05, 0) is 66.1 Å². The van der Waals surface area contributed by atoms with Gasteiger partial charge in [0.15, 0.2) is 5.54 Å². The largest absolute Gasteiger partial charge is 0.467 e. The first-order valence-corrected chi connectivity index (χ1v) is 22.5. The molecule has 1 aliphatic heterocycles. The van der Waals surface area contributed by atoms with Crippen LogP contribution >= 0.6 is 0 Å². The van der Waals surface area contributed by atoms with Crippen LogP contribution in [0.2, 0.25) is 0 Å². The summed E-state index contributed by atoms with van der Waals surface area (Å²) in [4.78, 5) is 17.6. The molecule has 0 bridgehead atoms. The number of methoxy groups -OCH3 is 1. The van der Waals surface area contributed by atoms with Crippen LogP contribution in [-0.4, -0.2) is 53.8 Å². The van der Waals surface area contributed by atoms with Crippen molar-refractivity contribution in [3.05, 3.63) is 215 Å². The molecule has 64 heavy (non-hydrogen) atoms. The van der Waals surface area contributed by atoms with E-state index in [0.29, 0.717) is 32.2 Å². The summed E-state index contributed by atoms with van der Waals surface area (Å²) in [5, 5.41) is 20.3. The third kappa shape index (κ3) is 14.6. The molecule has 0 aromatic heterocycles. The van der Waals surface area contributed by atoms with Gasteiger partial charge in [0.25, 0.3) is 0 Å². The molecular weight excluding hydrogens is 793 g/mol. The van der Waals surface area contributed by atoms with Gasteiger partial charge in [-0.1, -0.05) is 196 Å². The Bertz CT molecular complexity index is 2090. The molecule has 3 atom stereocenters. The van der Waals surface area contributed by atoms with E-state index in [0.717, 1.165) is 42.0 Å². The van der Waals surface area contributed by atoms with Gasteiger partial charge in [-0.15, -0.1) is 0 Å². The Morgan fingerprint density at radius 1 is 0.672 bits per heavy atom. The van der Waals surface area contributed by atoms with E-state index in [1.807, 2.05) is 140 Å². The van der Waals surface area contributed by atoms with Crippen molar-refractivity contribution in [2.45, 2.75) is 89.8 Å². The second-order valence-corrected chi connectivity index (χ2v) is 15.6. The second-order valence-electron chi connectivity index (χ2n) is 15.6. The van der Waals surface area contributed by atoms with Crippen LogP contribution in [0.15, 0.2) is 182 Å². The Hall–Kier alpha value is -5.92. The SMILES string of the molecule is CC.CC1CCCO1.COC(=O)C(CC#N)(c1ccccc1)N(Cc1ccccc1)Cc1ccccc1.NCCC(CO)(c1ccccc1)N(Cc1ccccc1)Cc1ccccc1. The highest BCUT2D eigenvalue weighted by molar-refractivity contribution is 5.83. The van der Waals surface area contributed by atoms with Crippen LogP contribution in [0.1, 0.15) is 79.8 Å². The Balaban J connectivity index is 0.000000240. The van der Waals surface area contributed by atoms with Crippen molar-refractivity contribution in [3.63, 3.8) is 0 Å². The van der Waals surface area contributed by atoms with E-state index in [-0.39, 0.29) is 13.0 Å². The Kier molecular flexibility index (Phi) is 22.2. The van der Waals surface area contributed by atoms with Crippen LogP contribution in [0.25, 0.3) is 0 Å². The molecule has 1 saturated heterocycles. The lowest BCUT2D eigenvalue weighted by Gasteiger charge is -2.43. The van der Waals surface area contributed by atoms with Crippen molar-refractivity contribution in [2.24, 2.45) is 5.73 Å². The maximum atomic E-state index is 13.2. The normalized spacial score (nSPS) is 14.8. The summed E-state index contributed by atoms with van der Waals surface area (Å²) in [6.45, 7) is 10.1. The van der Waals surface area contributed by atoms with E-state index < -0.39 is 17.0 Å². The molecule has 3 unspecified atom stereocenters. The monoisotopic (exact) mass is 861 g/mol.